The van der Waals surface area contributed by atoms with Crippen molar-refractivity contribution in [1.82, 2.24) is 9.88 Å². The lowest BCUT2D eigenvalue weighted by atomic mass is 10.1. The van der Waals surface area contributed by atoms with E-state index in [1.54, 1.807) is 16.2 Å². The summed E-state index contributed by atoms with van der Waals surface area (Å²) in [5, 5.41) is 2.96. The quantitative estimate of drug-likeness (QED) is 0.842. The van der Waals surface area contributed by atoms with E-state index in [1.807, 2.05) is 18.5 Å². The van der Waals surface area contributed by atoms with Crippen molar-refractivity contribution in [2.45, 2.75) is 27.2 Å². The van der Waals surface area contributed by atoms with Crippen LogP contribution in [0.2, 0.25) is 0 Å². The van der Waals surface area contributed by atoms with Crippen LogP contribution >= 0.6 is 11.3 Å². The smallest absolute Gasteiger partial charge is 0.228 e. The van der Waals surface area contributed by atoms with Gasteiger partial charge in [0.15, 0.2) is 0 Å². The van der Waals surface area contributed by atoms with Gasteiger partial charge in [-0.05, 0) is 18.9 Å². The first-order valence-corrected chi connectivity index (χ1v) is 8.09. The molecule has 0 aliphatic rings. The van der Waals surface area contributed by atoms with Gasteiger partial charge in [-0.15, -0.1) is 11.3 Å². The van der Waals surface area contributed by atoms with Gasteiger partial charge in [0.25, 0.3) is 0 Å². The lowest BCUT2D eigenvalue weighted by Crippen LogP contribution is -2.31. The predicted molar refractivity (Wildman–Crippen MR) is 88.5 cm³/mol. The van der Waals surface area contributed by atoms with Crippen LogP contribution < -0.4 is 0 Å². The average molecular weight is 302 g/mol. The zero-order valence-corrected chi connectivity index (χ0v) is 13.9. The molecular weight excluding hydrogens is 280 g/mol. The standard InChI is InChI=1S/C17H22N2OS/c1-12(2)10-19(4)16(20)9-15-11-21-17(18-15)14-7-5-6-13(3)8-14/h5-8,11-12H,9-10H2,1-4H3. The van der Waals surface area contributed by atoms with Crippen LogP contribution in [0.4, 0.5) is 0 Å². The molecule has 112 valence electrons. The Hall–Kier alpha value is -1.68. The first kappa shape index (κ1) is 15.7. The minimum Gasteiger partial charge on any atom is -0.345 e. The molecule has 0 aliphatic heterocycles. The predicted octanol–water partition coefficient (Wildman–Crippen LogP) is 3.78. The van der Waals surface area contributed by atoms with Gasteiger partial charge in [-0.3, -0.25) is 4.79 Å². The van der Waals surface area contributed by atoms with Crippen molar-refractivity contribution in [3.8, 4) is 10.6 Å². The minimum absolute atomic E-state index is 0.129. The molecule has 0 saturated carbocycles. The fourth-order valence-electron chi connectivity index (χ4n) is 2.24. The molecule has 21 heavy (non-hydrogen) atoms. The minimum atomic E-state index is 0.129. The molecule has 3 nitrogen and oxygen atoms in total. The van der Waals surface area contributed by atoms with Gasteiger partial charge in [0.05, 0.1) is 12.1 Å². The maximum Gasteiger partial charge on any atom is 0.228 e. The second-order valence-corrected chi connectivity index (χ2v) is 6.72. The molecule has 0 aliphatic carbocycles. The Kier molecular flexibility index (Phi) is 5.12. The van der Waals surface area contributed by atoms with E-state index in [0.717, 1.165) is 22.8 Å². The van der Waals surface area contributed by atoms with E-state index in [1.165, 1.54) is 5.56 Å². The Bertz CT molecular complexity index is 619. The van der Waals surface area contributed by atoms with Crippen molar-refractivity contribution in [3.63, 3.8) is 0 Å². The molecule has 0 spiro atoms. The summed E-state index contributed by atoms with van der Waals surface area (Å²) in [5.41, 5.74) is 3.20. The molecule has 0 N–H and O–H groups in total. The van der Waals surface area contributed by atoms with Gasteiger partial charge in [-0.25, -0.2) is 4.98 Å². The van der Waals surface area contributed by atoms with Crippen LogP contribution in [0.5, 0.6) is 0 Å². The van der Waals surface area contributed by atoms with Crippen LogP contribution in [0.15, 0.2) is 29.6 Å². The number of aryl methyl sites for hydroxylation is 1. The summed E-state index contributed by atoms with van der Waals surface area (Å²) < 4.78 is 0. The van der Waals surface area contributed by atoms with E-state index in [4.69, 9.17) is 0 Å². The van der Waals surface area contributed by atoms with Crippen molar-refractivity contribution >= 4 is 17.2 Å². The van der Waals surface area contributed by atoms with E-state index in [2.05, 4.69) is 44.0 Å². The molecule has 1 aromatic carbocycles. The number of carbonyl (C=O) groups is 1. The highest BCUT2D eigenvalue weighted by atomic mass is 32.1. The average Bonchev–Trinajstić information content (AvgIpc) is 2.86. The highest BCUT2D eigenvalue weighted by Gasteiger charge is 2.13. The van der Waals surface area contributed by atoms with E-state index in [9.17, 15) is 4.79 Å². The van der Waals surface area contributed by atoms with Crippen molar-refractivity contribution in [1.29, 1.82) is 0 Å². The summed E-state index contributed by atoms with van der Waals surface area (Å²) in [6, 6.07) is 8.29. The zero-order valence-electron chi connectivity index (χ0n) is 13.1. The molecule has 0 radical (unpaired) electrons. The summed E-state index contributed by atoms with van der Waals surface area (Å²) in [4.78, 5) is 18.5. The van der Waals surface area contributed by atoms with Gasteiger partial charge in [-0.2, -0.15) is 0 Å². The molecule has 1 amide bonds. The van der Waals surface area contributed by atoms with Crippen molar-refractivity contribution in [2.75, 3.05) is 13.6 Å². The van der Waals surface area contributed by atoms with Crippen molar-refractivity contribution in [3.05, 3.63) is 40.9 Å². The van der Waals surface area contributed by atoms with Gasteiger partial charge in [0.1, 0.15) is 5.01 Å². The number of amides is 1. The van der Waals surface area contributed by atoms with E-state index in [0.29, 0.717) is 12.3 Å². The second-order valence-electron chi connectivity index (χ2n) is 5.86. The Labute approximate surface area is 130 Å². The maximum absolute atomic E-state index is 12.1. The normalized spacial score (nSPS) is 10.9. The number of aromatic nitrogens is 1. The first-order valence-electron chi connectivity index (χ1n) is 7.21. The summed E-state index contributed by atoms with van der Waals surface area (Å²) in [5.74, 6) is 0.613. The number of rotatable bonds is 5. The summed E-state index contributed by atoms with van der Waals surface area (Å²) in [6.45, 7) is 7.08. The third-order valence-electron chi connectivity index (χ3n) is 3.21. The van der Waals surface area contributed by atoms with Gasteiger partial charge >= 0.3 is 0 Å². The van der Waals surface area contributed by atoms with Gasteiger partial charge in [0, 0.05) is 24.5 Å². The lowest BCUT2D eigenvalue weighted by molar-refractivity contribution is -0.129. The van der Waals surface area contributed by atoms with Gasteiger partial charge in [-0.1, -0.05) is 37.6 Å². The first-order chi connectivity index (χ1) is 9.95. The van der Waals surface area contributed by atoms with Crippen LogP contribution in [0.25, 0.3) is 10.6 Å². The monoisotopic (exact) mass is 302 g/mol. The van der Waals surface area contributed by atoms with Gasteiger partial charge < -0.3 is 4.90 Å². The Morgan fingerprint density at radius 3 is 2.81 bits per heavy atom. The van der Waals surface area contributed by atoms with Crippen LogP contribution in [0.1, 0.15) is 25.1 Å². The molecular formula is C17H22N2OS. The van der Waals surface area contributed by atoms with Crippen molar-refractivity contribution in [2.24, 2.45) is 5.92 Å². The molecule has 1 heterocycles. The number of benzene rings is 1. The number of thiazole rings is 1. The molecule has 0 bridgehead atoms. The Morgan fingerprint density at radius 2 is 2.14 bits per heavy atom. The van der Waals surface area contributed by atoms with Crippen LogP contribution in [-0.4, -0.2) is 29.4 Å². The number of likely N-dealkylation sites (N-methyl/N-ethyl adjacent to an activating group) is 1. The van der Waals surface area contributed by atoms with Crippen molar-refractivity contribution < 1.29 is 4.79 Å². The summed E-state index contributed by atoms with van der Waals surface area (Å²) in [7, 11) is 1.86. The molecule has 0 atom stereocenters. The molecule has 2 aromatic rings. The van der Waals surface area contributed by atoms with Gasteiger partial charge in [0.2, 0.25) is 5.91 Å². The highest BCUT2D eigenvalue weighted by molar-refractivity contribution is 7.13. The molecule has 0 fully saturated rings. The Morgan fingerprint density at radius 1 is 1.38 bits per heavy atom. The van der Waals surface area contributed by atoms with Crippen LogP contribution in [0.3, 0.4) is 0 Å². The number of hydrogen-bond donors (Lipinski definition) is 0. The third kappa shape index (κ3) is 4.39. The summed E-state index contributed by atoms with van der Waals surface area (Å²) in [6.07, 6.45) is 0.380. The molecule has 4 heteroatoms. The topological polar surface area (TPSA) is 33.2 Å². The van der Waals surface area contributed by atoms with E-state index >= 15 is 0 Å². The fraction of sp³-hybridized carbons (Fsp3) is 0.412. The number of carbonyl (C=O) groups excluding carboxylic acids is 1. The highest BCUT2D eigenvalue weighted by Crippen LogP contribution is 2.24. The Balaban J connectivity index is 2.05. The third-order valence-corrected chi connectivity index (χ3v) is 4.15. The zero-order chi connectivity index (χ0) is 15.4. The van der Waals surface area contributed by atoms with Crippen LogP contribution in [0, 0.1) is 12.8 Å². The van der Waals surface area contributed by atoms with Crippen LogP contribution in [-0.2, 0) is 11.2 Å². The van der Waals surface area contributed by atoms with E-state index < -0.39 is 0 Å². The number of hydrogen-bond acceptors (Lipinski definition) is 3. The lowest BCUT2D eigenvalue weighted by Gasteiger charge is -2.18. The van der Waals surface area contributed by atoms with E-state index in [-0.39, 0.29) is 5.91 Å². The molecule has 1 aromatic heterocycles. The largest absolute Gasteiger partial charge is 0.345 e. The molecule has 0 saturated heterocycles. The fourth-order valence-corrected chi connectivity index (χ4v) is 3.06. The maximum atomic E-state index is 12.1. The summed E-state index contributed by atoms with van der Waals surface area (Å²) >= 11 is 1.60. The SMILES string of the molecule is Cc1cccc(-c2nc(CC(=O)N(C)CC(C)C)cs2)c1. The second kappa shape index (κ2) is 6.85. The number of nitrogens with zero attached hydrogens (tertiary/aromatic N) is 2. The molecule has 2 rings (SSSR count). The molecule has 0 unspecified atom stereocenters.